The first kappa shape index (κ1) is 19.8. The lowest BCUT2D eigenvalue weighted by Crippen LogP contribution is -3.00. The highest BCUT2D eigenvalue weighted by molar-refractivity contribution is 7.99. The summed E-state index contributed by atoms with van der Waals surface area (Å²) in [4.78, 5) is 0. The zero-order valence-corrected chi connectivity index (χ0v) is 15.5. The van der Waals surface area contributed by atoms with E-state index < -0.39 is 7.26 Å². The van der Waals surface area contributed by atoms with Crippen LogP contribution in [0.4, 0.5) is 0 Å². The van der Waals surface area contributed by atoms with Crippen LogP contribution in [0.2, 0.25) is 0 Å². The lowest BCUT2D eigenvalue weighted by atomic mass is 10.4. The molecule has 0 aliphatic heterocycles. The van der Waals surface area contributed by atoms with Crippen molar-refractivity contribution in [2.45, 2.75) is 46.5 Å². The molecule has 0 aliphatic rings. The van der Waals surface area contributed by atoms with Crippen molar-refractivity contribution in [2.75, 3.05) is 36.7 Å². The van der Waals surface area contributed by atoms with E-state index >= 15 is 0 Å². The van der Waals surface area contributed by atoms with Gasteiger partial charge >= 0.3 is 0 Å². The van der Waals surface area contributed by atoms with Gasteiger partial charge in [-0.1, -0.05) is 33.6 Å². The van der Waals surface area contributed by atoms with Gasteiger partial charge < -0.3 is 24.0 Å². The van der Waals surface area contributed by atoms with Gasteiger partial charge in [-0.3, -0.25) is 0 Å². The van der Waals surface area contributed by atoms with Gasteiger partial charge in [0.1, 0.15) is 0 Å². The van der Waals surface area contributed by atoms with E-state index in [0.717, 1.165) is 0 Å². The number of unbranched alkanes of at least 4 members (excludes halogenated alkanes) is 2. The van der Waals surface area contributed by atoms with Gasteiger partial charge in [0.2, 0.25) is 0 Å². The second-order valence-corrected chi connectivity index (χ2v) is 10.7. The van der Waals surface area contributed by atoms with Crippen molar-refractivity contribution in [3.63, 3.8) is 0 Å². The largest absolute Gasteiger partial charge is 1.00 e. The van der Waals surface area contributed by atoms with Gasteiger partial charge in [0.05, 0.1) is 18.5 Å². The lowest BCUT2D eigenvalue weighted by Gasteiger charge is -2.23. The van der Waals surface area contributed by atoms with Crippen LogP contribution in [0.1, 0.15) is 46.5 Å². The van der Waals surface area contributed by atoms with Crippen LogP contribution < -0.4 is 24.0 Å². The summed E-state index contributed by atoms with van der Waals surface area (Å²) in [6, 6.07) is 0. The average molecular weight is 376 g/mol. The fourth-order valence-corrected chi connectivity index (χ4v) is 7.24. The Bertz CT molecular complexity index is 134. The lowest BCUT2D eigenvalue weighted by molar-refractivity contribution is -0.00000350. The van der Waals surface area contributed by atoms with Crippen molar-refractivity contribution in [3.8, 4) is 0 Å². The highest BCUT2D eigenvalue weighted by atomic mass is 127. The molecule has 0 aromatic heterocycles. The Hall–Kier alpha value is 1.51. The minimum absolute atomic E-state index is 0. The Kier molecular flexibility index (Phi) is 16.1. The third-order valence-electron chi connectivity index (χ3n) is 3.08. The molecule has 0 amide bonds. The predicted octanol–water partition coefficient (Wildman–Crippen LogP) is 1.99. The van der Waals surface area contributed by atoms with E-state index in [1.807, 2.05) is 0 Å². The summed E-state index contributed by atoms with van der Waals surface area (Å²) in [6.07, 6.45) is 10.3. The highest BCUT2D eigenvalue weighted by Gasteiger charge is 2.29. The number of rotatable bonds is 10. The van der Waals surface area contributed by atoms with E-state index in [1.54, 1.807) is 12.3 Å². The molecule has 0 unspecified atom stereocenters. The number of thioether (sulfide) groups is 1. The van der Waals surface area contributed by atoms with Crippen molar-refractivity contribution in [1.29, 1.82) is 0 Å². The molecule has 0 spiro atoms. The number of halogens is 1. The van der Waals surface area contributed by atoms with E-state index in [-0.39, 0.29) is 24.0 Å². The molecule has 0 bridgehead atoms. The first-order valence-electron chi connectivity index (χ1n) is 6.59. The fraction of sp³-hybridized carbons (Fsp3) is 1.00. The molecule has 0 aromatic carbocycles. The number of hydrogen-bond acceptors (Lipinski definition) is 1. The molecule has 0 radical (unpaired) electrons. The quantitative estimate of drug-likeness (QED) is 0.319. The van der Waals surface area contributed by atoms with Crippen molar-refractivity contribution in [1.82, 2.24) is 0 Å². The Morgan fingerprint density at radius 1 is 0.875 bits per heavy atom. The standard InChI is InChI=1S/C13H30PS.HI/c1-5-8-10-14(4,11-9-6-2)12-13-15-7-3;/h5-13H2,1-4H3;1H/q+1;/p-1. The topological polar surface area (TPSA) is 0 Å². The normalized spacial score (nSPS) is 11.2. The third kappa shape index (κ3) is 10.7. The monoisotopic (exact) mass is 376 g/mol. The second-order valence-electron chi connectivity index (χ2n) is 4.69. The molecular weight excluding hydrogens is 346 g/mol. The Morgan fingerprint density at radius 3 is 1.75 bits per heavy atom. The molecule has 0 aromatic rings. The molecule has 0 nitrogen and oxygen atoms in total. The first-order chi connectivity index (χ1) is 7.18. The summed E-state index contributed by atoms with van der Waals surface area (Å²) in [5.41, 5.74) is 0. The van der Waals surface area contributed by atoms with Crippen molar-refractivity contribution >= 4 is 19.0 Å². The van der Waals surface area contributed by atoms with E-state index in [2.05, 4.69) is 39.2 Å². The smallest absolute Gasteiger partial charge is 0.0682 e. The van der Waals surface area contributed by atoms with Gasteiger partial charge in [-0.25, -0.2) is 0 Å². The molecule has 0 fully saturated rings. The Balaban J connectivity index is 0. The van der Waals surface area contributed by atoms with Crippen LogP contribution in [0.3, 0.4) is 0 Å². The maximum absolute atomic E-state index is 2.62. The summed E-state index contributed by atoms with van der Waals surface area (Å²) >= 11 is 2.13. The molecule has 0 saturated carbocycles. The molecule has 0 N–H and O–H groups in total. The average Bonchev–Trinajstić information content (AvgIpc) is 2.24. The summed E-state index contributed by atoms with van der Waals surface area (Å²) in [5.74, 6) is 2.70. The van der Waals surface area contributed by atoms with Crippen LogP contribution >= 0.6 is 19.0 Å². The van der Waals surface area contributed by atoms with Crippen LogP contribution in [-0.4, -0.2) is 36.7 Å². The SMILES string of the molecule is CCCC[P+](C)(CCCC)CCSCC.[I-]. The van der Waals surface area contributed by atoms with Gasteiger partial charge in [-0.2, -0.15) is 11.8 Å². The second kappa shape index (κ2) is 13.0. The highest BCUT2D eigenvalue weighted by Crippen LogP contribution is 2.56. The minimum atomic E-state index is -0.553. The molecule has 3 heteroatoms. The molecule has 0 atom stereocenters. The van der Waals surface area contributed by atoms with Crippen LogP contribution in [0, 0.1) is 0 Å². The Labute approximate surface area is 125 Å². The van der Waals surface area contributed by atoms with E-state index in [4.69, 9.17) is 0 Å². The summed E-state index contributed by atoms with van der Waals surface area (Å²) in [5, 5.41) is 0. The molecule has 0 heterocycles. The van der Waals surface area contributed by atoms with Gasteiger partial charge in [-0.05, 0) is 18.6 Å². The molecule has 0 aliphatic carbocycles. The van der Waals surface area contributed by atoms with Crippen LogP contribution in [0.25, 0.3) is 0 Å². The summed E-state index contributed by atoms with van der Waals surface area (Å²) in [7, 11) is -0.553. The molecular formula is C13H30IPS. The molecule has 100 valence electrons. The summed E-state index contributed by atoms with van der Waals surface area (Å²) < 4.78 is 0. The third-order valence-corrected chi connectivity index (χ3v) is 8.38. The van der Waals surface area contributed by atoms with Crippen molar-refractivity contribution in [2.24, 2.45) is 0 Å². The maximum Gasteiger partial charge on any atom is 0.0682 e. The van der Waals surface area contributed by atoms with E-state index in [9.17, 15) is 0 Å². The Morgan fingerprint density at radius 2 is 1.38 bits per heavy atom. The van der Waals surface area contributed by atoms with Crippen LogP contribution in [-0.2, 0) is 0 Å². The predicted molar refractivity (Wildman–Crippen MR) is 80.3 cm³/mol. The van der Waals surface area contributed by atoms with Crippen LogP contribution in [0.15, 0.2) is 0 Å². The van der Waals surface area contributed by atoms with Crippen molar-refractivity contribution in [3.05, 3.63) is 0 Å². The van der Waals surface area contributed by atoms with E-state index in [0.29, 0.717) is 0 Å². The van der Waals surface area contributed by atoms with E-state index in [1.165, 1.54) is 43.4 Å². The molecule has 0 rings (SSSR count). The molecule has 0 saturated heterocycles. The zero-order chi connectivity index (χ0) is 11.6. The van der Waals surface area contributed by atoms with Crippen molar-refractivity contribution < 1.29 is 24.0 Å². The fourth-order valence-electron chi connectivity index (χ4n) is 1.84. The van der Waals surface area contributed by atoms with Gasteiger partial charge in [0.25, 0.3) is 0 Å². The number of hydrogen-bond donors (Lipinski definition) is 0. The molecule has 16 heavy (non-hydrogen) atoms. The maximum atomic E-state index is 2.62. The first-order valence-corrected chi connectivity index (χ1v) is 10.5. The summed E-state index contributed by atoms with van der Waals surface area (Å²) in [6.45, 7) is 9.54. The zero-order valence-electron chi connectivity index (χ0n) is 11.6. The van der Waals surface area contributed by atoms with Crippen LogP contribution in [0.5, 0.6) is 0 Å². The van der Waals surface area contributed by atoms with Gasteiger partial charge in [-0.15, -0.1) is 0 Å². The minimum Gasteiger partial charge on any atom is -1.00 e. The van der Waals surface area contributed by atoms with Gasteiger partial charge in [0, 0.05) is 19.7 Å². The van der Waals surface area contributed by atoms with Gasteiger partial charge in [0.15, 0.2) is 0 Å².